The molecule has 0 aliphatic rings. The highest BCUT2D eigenvalue weighted by molar-refractivity contribution is 6.31. The van der Waals surface area contributed by atoms with E-state index in [0.717, 1.165) is 11.1 Å². The van der Waals surface area contributed by atoms with Gasteiger partial charge in [0.1, 0.15) is 5.82 Å². The monoisotopic (exact) mass is 396 g/mol. The van der Waals surface area contributed by atoms with E-state index in [1.54, 1.807) is 30.6 Å². The molecule has 4 rings (SSSR count). The summed E-state index contributed by atoms with van der Waals surface area (Å²) in [5.41, 5.74) is 3.83. The van der Waals surface area contributed by atoms with Crippen molar-refractivity contribution in [2.45, 2.75) is 6.54 Å². The highest BCUT2D eigenvalue weighted by Crippen LogP contribution is 2.34. The number of hydrogen-bond donors (Lipinski definition) is 0. The summed E-state index contributed by atoms with van der Waals surface area (Å²) >= 11 is 12.0. The molecule has 0 atom stereocenters. The molecule has 4 aromatic rings. The predicted molar refractivity (Wildman–Crippen MR) is 109 cm³/mol. The standard InChI is InChI=1S/C22H15Cl2FN2/c23-17-8-6-16(7-9-17)21-22(19-11-10-18(24)12-20(19)25)27(14-26-21)13-15-4-2-1-3-5-15/h1-12,14H,13H2. The first-order valence-corrected chi connectivity index (χ1v) is 9.18. The number of rotatable bonds is 4. The van der Waals surface area contributed by atoms with Crippen molar-refractivity contribution in [3.05, 3.63) is 101 Å². The zero-order chi connectivity index (χ0) is 18.8. The van der Waals surface area contributed by atoms with Gasteiger partial charge in [0.15, 0.2) is 0 Å². The van der Waals surface area contributed by atoms with Crippen LogP contribution >= 0.6 is 23.2 Å². The van der Waals surface area contributed by atoms with Gasteiger partial charge < -0.3 is 4.57 Å². The van der Waals surface area contributed by atoms with Gasteiger partial charge >= 0.3 is 0 Å². The lowest BCUT2D eigenvalue weighted by molar-refractivity contribution is 0.629. The van der Waals surface area contributed by atoms with Crippen LogP contribution in [0.25, 0.3) is 22.5 Å². The summed E-state index contributed by atoms with van der Waals surface area (Å²) < 4.78 is 16.7. The average Bonchev–Trinajstić information content (AvgIpc) is 3.06. The van der Waals surface area contributed by atoms with Gasteiger partial charge in [0.25, 0.3) is 0 Å². The molecule has 134 valence electrons. The number of benzene rings is 3. The highest BCUT2D eigenvalue weighted by atomic mass is 35.5. The van der Waals surface area contributed by atoms with E-state index in [1.165, 1.54) is 6.07 Å². The van der Waals surface area contributed by atoms with E-state index in [0.29, 0.717) is 33.5 Å². The minimum atomic E-state index is -0.382. The van der Waals surface area contributed by atoms with E-state index in [-0.39, 0.29) is 5.82 Å². The topological polar surface area (TPSA) is 17.8 Å². The molecule has 0 N–H and O–H groups in total. The largest absolute Gasteiger partial charge is 0.325 e. The second-order valence-electron chi connectivity index (χ2n) is 6.19. The first-order valence-electron chi connectivity index (χ1n) is 8.42. The van der Waals surface area contributed by atoms with Crippen molar-refractivity contribution in [3.63, 3.8) is 0 Å². The van der Waals surface area contributed by atoms with Crippen LogP contribution in [0, 0.1) is 5.82 Å². The van der Waals surface area contributed by atoms with Crippen LogP contribution in [0.2, 0.25) is 10.0 Å². The summed E-state index contributed by atoms with van der Waals surface area (Å²) in [6, 6.07) is 22.1. The van der Waals surface area contributed by atoms with E-state index in [2.05, 4.69) is 4.98 Å². The van der Waals surface area contributed by atoms with Gasteiger partial charge in [0.2, 0.25) is 0 Å². The molecule has 0 unspecified atom stereocenters. The molecular weight excluding hydrogens is 382 g/mol. The van der Waals surface area contributed by atoms with Crippen molar-refractivity contribution in [1.29, 1.82) is 0 Å². The lowest BCUT2D eigenvalue weighted by Gasteiger charge is -2.12. The molecule has 0 radical (unpaired) electrons. The second kappa shape index (κ2) is 7.55. The van der Waals surface area contributed by atoms with Crippen LogP contribution < -0.4 is 0 Å². The molecule has 0 aliphatic carbocycles. The van der Waals surface area contributed by atoms with Crippen molar-refractivity contribution in [3.8, 4) is 22.5 Å². The lowest BCUT2D eigenvalue weighted by atomic mass is 10.0. The molecule has 0 fully saturated rings. The fourth-order valence-corrected chi connectivity index (χ4v) is 3.35. The molecule has 0 amide bonds. The Labute approximate surface area is 166 Å². The van der Waals surface area contributed by atoms with Gasteiger partial charge in [-0.25, -0.2) is 9.37 Å². The highest BCUT2D eigenvalue weighted by Gasteiger charge is 2.18. The van der Waals surface area contributed by atoms with Gasteiger partial charge in [-0.1, -0.05) is 65.7 Å². The Morgan fingerprint density at radius 3 is 2.26 bits per heavy atom. The van der Waals surface area contributed by atoms with Crippen LogP contribution in [-0.2, 0) is 6.54 Å². The third-order valence-corrected chi connectivity index (χ3v) is 4.82. The number of halogens is 3. The van der Waals surface area contributed by atoms with E-state index in [9.17, 15) is 4.39 Å². The number of hydrogen-bond acceptors (Lipinski definition) is 1. The maximum Gasteiger partial charge on any atom is 0.134 e. The summed E-state index contributed by atoms with van der Waals surface area (Å²) in [4.78, 5) is 4.57. The van der Waals surface area contributed by atoms with E-state index in [1.807, 2.05) is 47.0 Å². The summed E-state index contributed by atoms with van der Waals surface area (Å²) in [5.74, 6) is -0.382. The predicted octanol–water partition coefficient (Wildman–Crippen LogP) is 6.71. The molecule has 5 heteroatoms. The Morgan fingerprint density at radius 1 is 0.852 bits per heavy atom. The van der Waals surface area contributed by atoms with Crippen LogP contribution in [0.1, 0.15) is 5.56 Å². The minimum Gasteiger partial charge on any atom is -0.325 e. The lowest BCUT2D eigenvalue weighted by Crippen LogP contribution is -2.02. The van der Waals surface area contributed by atoms with Crippen LogP contribution in [0.5, 0.6) is 0 Å². The van der Waals surface area contributed by atoms with E-state index < -0.39 is 0 Å². The molecule has 0 saturated carbocycles. The smallest absolute Gasteiger partial charge is 0.134 e. The van der Waals surface area contributed by atoms with Crippen molar-refractivity contribution >= 4 is 23.2 Å². The minimum absolute atomic E-state index is 0.360. The zero-order valence-corrected chi connectivity index (χ0v) is 15.8. The Kier molecular flexibility index (Phi) is 4.97. The third-order valence-electron chi connectivity index (χ3n) is 4.34. The van der Waals surface area contributed by atoms with Crippen LogP contribution in [0.4, 0.5) is 4.39 Å². The molecule has 0 spiro atoms. The first-order chi connectivity index (χ1) is 13.1. The van der Waals surface area contributed by atoms with Gasteiger partial charge in [-0.15, -0.1) is 0 Å². The van der Waals surface area contributed by atoms with Gasteiger partial charge in [-0.2, -0.15) is 0 Å². The molecule has 0 aliphatic heterocycles. The van der Waals surface area contributed by atoms with Crippen LogP contribution in [0.3, 0.4) is 0 Å². The molecular formula is C22H15Cl2FN2. The summed E-state index contributed by atoms with van der Waals surface area (Å²) in [6.07, 6.45) is 1.74. The van der Waals surface area contributed by atoms with Crippen LogP contribution in [0.15, 0.2) is 79.1 Å². The Balaban J connectivity index is 1.88. The Hall–Kier alpha value is -2.62. The zero-order valence-electron chi connectivity index (χ0n) is 14.2. The maximum atomic E-state index is 14.7. The van der Waals surface area contributed by atoms with Crippen LogP contribution in [-0.4, -0.2) is 9.55 Å². The Morgan fingerprint density at radius 2 is 1.56 bits per heavy atom. The molecule has 1 aromatic heterocycles. The van der Waals surface area contributed by atoms with Gasteiger partial charge in [0, 0.05) is 27.7 Å². The fourth-order valence-electron chi connectivity index (χ4n) is 3.07. The molecule has 1 heterocycles. The fraction of sp³-hybridized carbons (Fsp3) is 0.0455. The van der Waals surface area contributed by atoms with Gasteiger partial charge in [-0.3, -0.25) is 0 Å². The normalized spacial score (nSPS) is 10.9. The van der Waals surface area contributed by atoms with Crippen molar-refractivity contribution in [2.75, 3.05) is 0 Å². The SMILES string of the molecule is Fc1cc(Cl)ccc1-c1c(-c2ccc(Cl)cc2)ncn1Cc1ccccc1. The van der Waals surface area contributed by atoms with Crippen molar-refractivity contribution in [2.24, 2.45) is 0 Å². The van der Waals surface area contributed by atoms with Gasteiger partial charge in [0.05, 0.1) is 17.7 Å². The first kappa shape index (κ1) is 17.8. The van der Waals surface area contributed by atoms with E-state index in [4.69, 9.17) is 23.2 Å². The molecule has 2 nitrogen and oxygen atoms in total. The third kappa shape index (κ3) is 3.75. The summed E-state index contributed by atoms with van der Waals surface area (Å²) in [6.45, 7) is 0.582. The molecule has 0 bridgehead atoms. The van der Waals surface area contributed by atoms with Gasteiger partial charge in [-0.05, 0) is 35.9 Å². The number of imidazole rings is 1. The Bertz CT molecular complexity index is 1070. The maximum absolute atomic E-state index is 14.7. The summed E-state index contributed by atoms with van der Waals surface area (Å²) in [5, 5.41) is 1.00. The molecule has 27 heavy (non-hydrogen) atoms. The average molecular weight is 397 g/mol. The molecule has 3 aromatic carbocycles. The number of aromatic nitrogens is 2. The van der Waals surface area contributed by atoms with Crippen molar-refractivity contribution in [1.82, 2.24) is 9.55 Å². The van der Waals surface area contributed by atoms with Crippen molar-refractivity contribution < 1.29 is 4.39 Å². The molecule has 0 saturated heterocycles. The van der Waals surface area contributed by atoms with E-state index >= 15 is 0 Å². The number of nitrogens with zero attached hydrogens (tertiary/aromatic N) is 2. The summed E-state index contributed by atoms with van der Waals surface area (Å²) in [7, 11) is 0. The quantitative estimate of drug-likeness (QED) is 0.374. The second-order valence-corrected chi connectivity index (χ2v) is 7.06.